The molecule has 13 heteroatoms. The lowest BCUT2D eigenvalue weighted by molar-refractivity contribution is -0.274. The summed E-state index contributed by atoms with van der Waals surface area (Å²) >= 11 is 0. The molecule has 2 aromatic rings. The number of carbonyl (C=O) groups excluding carboxylic acids is 3. The summed E-state index contributed by atoms with van der Waals surface area (Å²) in [6, 6.07) is 10.9. The number of anilines is 2. The van der Waals surface area contributed by atoms with Crippen LogP contribution in [0.25, 0.3) is 0 Å². The van der Waals surface area contributed by atoms with Gasteiger partial charge in [0.15, 0.2) is 0 Å². The number of hydrogen-bond donors (Lipinski definition) is 4. The number of aliphatic hydroxyl groups excluding tert-OH is 1. The first kappa shape index (κ1) is 26.9. The van der Waals surface area contributed by atoms with Crippen molar-refractivity contribution in [3.05, 3.63) is 54.1 Å². The summed E-state index contributed by atoms with van der Waals surface area (Å²) < 4.78 is 41.3. The van der Waals surface area contributed by atoms with Gasteiger partial charge in [-0.25, -0.2) is 4.79 Å². The zero-order chi connectivity index (χ0) is 27.8. The smallest absolute Gasteiger partial charge is 0.406 e. The number of nitrogens with one attached hydrogen (secondary N) is 3. The van der Waals surface area contributed by atoms with Crippen molar-refractivity contribution in [1.29, 1.82) is 0 Å². The van der Waals surface area contributed by atoms with Crippen LogP contribution in [0.5, 0.6) is 5.75 Å². The van der Waals surface area contributed by atoms with E-state index in [9.17, 15) is 32.7 Å². The highest BCUT2D eigenvalue weighted by Crippen LogP contribution is 2.44. The van der Waals surface area contributed by atoms with Crippen LogP contribution in [0.15, 0.2) is 48.5 Å². The molecule has 3 aliphatic rings. The van der Waals surface area contributed by atoms with Gasteiger partial charge in [-0.2, -0.15) is 0 Å². The molecule has 0 aromatic heterocycles. The number of likely N-dealkylation sites (tertiary alicyclic amines) is 2. The third-order valence-electron chi connectivity index (χ3n) is 7.60. The first-order valence-corrected chi connectivity index (χ1v) is 12.5. The van der Waals surface area contributed by atoms with Crippen LogP contribution in [0, 0.1) is 5.41 Å². The molecule has 0 saturated carbocycles. The minimum Gasteiger partial charge on any atom is -0.406 e. The van der Waals surface area contributed by atoms with Gasteiger partial charge in [-0.3, -0.25) is 30.0 Å². The molecule has 3 saturated heterocycles. The van der Waals surface area contributed by atoms with Gasteiger partial charge >= 0.3 is 12.4 Å². The SMILES string of the molecule is O=C1NC(=O)C(c2cccc(Nc3ccc(OC(F)(F)F)cc3)c2)(N2CCC3(CC2)CN(CCO)C3)C(=O)N1. The average molecular weight is 548 g/mol. The normalized spacial score (nSPS) is 21.2. The van der Waals surface area contributed by atoms with Gasteiger partial charge < -0.3 is 15.2 Å². The molecule has 0 bridgehead atoms. The minimum atomic E-state index is -4.80. The number of rotatable bonds is 7. The van der Waals surface area contributed by atoms with Gasteiger partial charge in [-0.1, -0.05) is 12.1 Å². The number of nitrogens with zero attached hydrogens (tertiary/aromatic N) is 2. The minimum absolute atomic E-state index is 0.0652. The second kappa shape index (κ2) is 10.1. The van der Waals surface area contributed by atoms with Crippen molar-refractivity contribution in [2.45, 2.75) is 24.7 Å². The Morgan fingerprint density at radius 1 is 0.949 bits per heavy atom. The summed E-state index contributed by atoms with van der Waals surface area (Å²) in [6.45, 7) is 3.28. The van der Waals surface area contributed by atoms with Crippen LogP contribution in [0.4, 0.5) is 29.3 Å². The Kier molecular flexibility index (Phi) is 6.99. The number of halogens is 3. The van der Waals surface area contributed by atoms with Crippen molar-refractivity contribution in [3.63, 3.8) is 0 Å². The van der Waals surface area contributed by atoms with Gasteiger partial charge in [0.05, 0.1) is 6.61 Å². The first-order valence-electron chi connectivity index (χ1n) is 12.5. The van der Waals surface area contributed by atoms with Crippen molar-refractivity contribution >= 4 is 29.2 Å². The highest BCUT2D eigenvalue weighted by molar-refractivity contribution is 6.22. The summed E-state index contributed by atoms with van der Waals surface area (Å²) in [5.74, 6) is -1.85. The Morgan fingerprint density at radius 2 is 1.59 bits per heavy atom. The molecule has 208 valence electrons. The quantitative estimate of drug-likeness (QED) is 0.390. The Morgan fingerprint density at radius 3 is 2.18 bits per heavy atom. The third-order valence-corrected chi connectivity index (χ3v) is 7.60. The summed E-state index contributed by atoms with van der Waals surface area (Å²) in [5.41, 5.74) is -0.428. The maximum atomic E-state index is 13.4. The molecular weight excluding hydrogens is 519 g/mol. The number of benzene rings is 2. The van der Waals surface area contributed by atoms with Crippen molar-refractivity contribution in [2.75, 3.05) is 44.6 Å². The number of amides is 4. The van der Waals surface area contributed by atoms with Crippen LogP contribution in [0.1, 0.15) is 18.4 Å². The van der Waals surface area contributed by atoms with Gasteiger partial charge in [-0.05, 0) is 60.2 Å². The van der Waals surface area contributed by atoms with E-state index in [0.717, 1.165) is 25.9 Å². The monoisotopic (exact) mass is 547 g/mol. The highest BCUT2D eigenvalue weighted by Gasteiger charge is 2.58. The predicted octanol–water partition coefficient (Wildman–Crippen LogP) is 2.28. The molecule has 1 spiro atoms. The maximum absolute atomic E-state index is 13.4. The summed E-state index contributed by atoms with van der Waals surface area (Å²) in [6.07, 6.45) is -3.31. The zero-order valence-electron chi connectivity index (χ0n) is 20.9. The number of ether oxygens (including phenoxy) is 1. The number of barbiturate groups is 1. The number of imide groups is 2. The number of alkyl halides is 3. The van der Waals surface area contributed by atoms with Gasteiger partial charge in [0.1, 0.15) is 5.75 Å². The van der Waals surface area contributed by atoms with E-state index in [0.29, 0.717) is 36.6 Å². The first-order chi connectivity index (χ1) is 18.5. The van der Waals surface area contributed by atoms with Crippen LogP contribution < -0.4 is 20.7 Å². The molecule has 10 nitrogen and oxygen atoms in total. The number of hydrogen-bond acceptors (Lipinski definition) is 8. The van der Waals surface area contributed by atoms with Crippen LogP contribution in [-0.4, -0.2) is 78.4 Å². The Balaban J connectivity index is 1.39. The van der Waals surface area contributed by atoms with E-state index in [1.165, 1.54) is 24.3 Å². The average Bonchev–Trinajstić information content (AvgIpc) is 2.85. The van der Waals surface area contributed by atoms with E-state index < -0.39 is 29.7 Å². The van der Waals surface area contributed by atoms with E-state index in [-0.39, 0.29) is 17.8 Å². The van der Waals surface area contributed by atoms with Crippen LogP contribution >= 0.6 is 0 Å². The molecule has 3 fully saturated rings. The maximum Gasteiger partial charge on any atom is 0.573 e. The molecule has 0 unspecified atom stereocenters. The Hall–Kier alpha value is -3.68. The lowest BCUT2D eigenvalue weighted by atomic mass is 9.70. The molecule has 4 amide bonds. The number of urea groups is 1. The summed E-state index contributed by atoms with van der Waals surface area (Å²) in [5, 5.41) is 16.8. The van der Waals surface area contributed by atoms with Crippen molar-refractivity contribution < 1.29 is 37.4 Å². The van der Waals surface area contributed by atoms with E-state index >= 15 is 0 Å². The molecule has 39 heavy (non-hydrogen) atoms. The molecule has 3 aliphatic heterocycles. The molecule has 0 radical (unpaired) electrons. The number of β-amino-alcohol motifs (C(OH)–C–C–N with tert-alkyl or cyclic N) is 1. The second-order valence-electron chi connectivity index (χ2n) is 10.1. The zero-order valence-corrected chi connectivity index (χ0v) is 20.9. The molecular formula is C26H28F3N5O5. The lowest BCUT2D eigenvalue weighted by Crippen LogP contribution is -2.73. The number of aliphatic hydroxyl groups is 1. The standard InChI is InChI=1S/C26H28F3N5O5/c27-26(28,29)39-20-6-4-18(5-7-20)30-19-3-1-2-17(14-19)25(21(36)31-23(38)32-22(25)37)34-10-8-24(9-11-34)15-33(16-24)12-13-35/h1-7,14,30,35H,8-13,15-16H2,(H2,31,32,36,37,38). The van der Waals surface area contributed by atoms with E-state index in [1.807, 2.05) is 0 Å². The van der Waals surface area contributed by atoms with E-state index in [1.54, 1.807) is 29.2 Å². The van der Waals surface area contributed by atoms with Crippen molar-refractivity contribution in [2.24, 2.45) is 5.41 Å². The fourth-order valence-electron chi connectivity index (χ4n) is 5.82. The molecule has 4 N–H and O–H groups in total. The fourth-order valence-corrected chi connectivity index (χ4v) is 5.82. The van der Waals surface area contributed by atoms with Crippen molar-refractivity contribution in [1.82, 2.24) is 20.4 Å². The van der Waals surface area contributed by atoms with Crippen LogP contribution in [0.3, 0.4) is 0 Å². The fraction of sp³-hybridized carbons (Fsp3) is 0.423. The summed E-state index contributed by atoms with van der Waals surface area (Å²) in [4.78, 5) is 42.8. The Bertz CT molecular complexity index is 1230. The second-order valence-corrected chi connectivity index (χ2v) is 10.1. The van der Waals surface area contributed by atoms with Crippen LogP contribution in [0.2, 0.25) is 0 Å². The van der Waals surface area contributed by atoms with Gasteiger partial charge in [-0.15, -0.1) is 13.2 Å². The largest absolute Gasteiger partial charge is 0.573 e. The highest BCUT2D eigenvalue weighted by atomic mass is 19.4. The van der Waals surface area contributed by atoms with Gasteiger partial charge in [0.25, 0.3) is 11.8 Å². The number of piperidine rings is 1. The molecule has 0 atom stereocenters. The Labute approximate surface area is 222 Å². The third kappa shape index (κ3) is 5.29. The van der Waals surface area contributed by atoms with Gasteiger partial charge in [0, 0.05) is 44.1 Å². The lowest BCUT2D eigenvalue weighted by Gasteiger charge is -2.56. The molecule has 3 heterocycles. The number of carbonyl (C=O) groups is 3. The molecule has 0 aliphatic carbocycles. The molecule has 5 rings (SSSR count). The summed E-state index contributed by atoms with van der Waals surface area (Å²) in [7, 11) is 0. The van der Waals surface area contributed by atoms with Gasteiger partial charge in [0.2, 0.25) is 5.54 Å². The van der Waals surface area contributed by atoms with E-state index in [4.69, 9.17) is 0 Å². The molecule has 2 aromatic carbocycles. The van der Waals surface area contributed by atoms with Crippen molar-refractivity contribution in [3.8, 4) is 5.75 Å². The predicted molar refractivity (Wildman–Crippen MR) is 133 cm³/mol. The van der Waals surface area contributed by atoms with Crippen LogP contribution in [-0.2, 0) is 15.1 Å². The topological polar surface area (TPSA) is 123 Å². The van der Waals surface area contributed by atoms with E-state index in [2.05, 4.69) is 25.6 Å².